The first-order valence-electron chi connectivity index (χ1n) is 8.85. The molecule has 0 aliphatic carbocycles. The van der Waals surface area contributed by atoms with E-state index >= 15 is 0 Å². The van der Waals surface area contributed by atoms with Crippen LogP contribution in [0.4, 0.5) is 14.9 Å². The molecule has 1 aliphatic heterocycles. The van der Waals surface area contributed by atoms with Crippen molar-refractivity contribution in [3.05, 3.63) is 63.8 Å². The summed E-state index contributed by atoms with van der Waals surface area (Å²) in [6.07, 6.45) is 2.42. The Morgan fingerprint density at radius 3 is 2.86 bits per heavy atom. The fourth-order valence-corrected chi connectivity index (χ4v) is 3.08. The van der Waals surface area contributed by atoms with Crippen LogP contribution in [0.2, 0.25) is 0 Å². The molecule has 2 aromatic rings. The Bertz CT molecular complexity index is 1040. The van der Waals surface area contributed by atoms with E-state index in [2.05, 4.69) is 30.3 Å². The lowest BCUT2D eigenvalue weighted by Gasteiger charge is -2.37. The normalized spacial score (nSPS) is 19.7. The maximum Gasteiger partial charge on any atom is 0.436 e. The number of fused-ring (bicyclic) bond motifs is 1. The zero-order valence-electron chi connectivity index (χ0n) is 16.5. The van der Waals surface area contributed by atoms with Gasteiger partial charge in [-0.3, -0.25) is 0 Å². The van der Waals surface area contributed by atoms with Gasteiger partial charge in [0.15, 0.2) is 0 Å². The number of carbonyl (C=O) groups excluding carboxylic acids is 1. The summed E-state index contributed by atoms with van der Waals surface area (Å²) in [7, 11) is 0. The number of amidine groups is 1. The van der Waals surface area contributed by atoms with Gasteiger partial charge >= 0.3 is 6.09 Å². The zero-order valence-corrected chi connectivity index (χ0v) is 16.5. The van der Waals surface area contributed by atoms with Crippen molar-refractivity contribution in [3.63, 3.8) is 0 Å². The molecule has 0 bridgehead atoms. The molecular formula is C19H20FN7O2. The molecule has 1 atom stereocenters. The Morgan fingerprint density at radius 2 is 2.17 bits per heavy atom. The molecule has 0 saturated carbocycles. The molecule has 29 heavy (non-hydrogen) atoms. The van der Waals surface area contributed by atoms with Crippen LogP contribution in [-0.4, -0.2) is 27.5 Å². The molecule has 0 radical (unpaired) electrons. The number of halogens is 1. The summed E-state index contributed by atoms with van der Waals surface area (Å²) in [5.41, 5.74) is 8.60. The van der Waals surface area contributed by atoms with Crippen molar-refractivity contribution >= 4 is 17.6 Å². The Kier molecular flexibility index (Phi) is 5.21. The second-order valence-corrected chi connectivity index (χ2v) is 7.81. The van der Waals surface area contributed by atoms with Gasteiger partial charge in [0.25, 0.3) is 0 Å². The van der Waals surface area contributed by atoms with Gasteiger partial charge in [0.2, 0.25) is 0 Å². The van der Waals surface area contributed by atoms with E-state index in [4.69, 9.17) is 10.3 Å². The zero-order chi connectivity index (χ0) is 21.2. The van der Waals surface area contributed by atoms with Gasteiger partial charge in [0.1, 0.15) is 23.6 Å². The molecule has 150 valence electrons. The lowest BCUT2D eigenvalue weighted by molar-refractivity contribution is 0.0603. The van der Waals surface area contributed by atoms with E-state index in [1.54, 1.807) is 27.7 Å². The van der Waals surface area contributed by atoms with Gasteiger partial charge in [0.05, 0.1) is 16.8 Å². The number of amides is 1. The number of ether oxygens (including phenoxy) is 1. The minimum absolute atomic E-state index is 0.178. The maximum atomic E-state index is 14.7. The highest BCUT2D eigenvalue weighted by Crippen LogP contribution is 2.34. The summed E-state index contributed by atoms with van der Waals surface area (Å²) in [6, 6.07) is 4.07. The van der Waals surface area contributed by atoms with Crippen LogP contribution < -0.4 is 5.32 Å². The van der Waals surface area contributed by atoms with Crippen molar-refractivity contribution in [3.8, 4) is 0 Å². The molecule has 2 heterocycles. The van der Waals surface area contributed by atoms with Crippen molar-refractivity contribution in [2.24, 2.45) is 10.1 Å². The summed E-state index contributed by atoms with van der Waals surface area (Å²) in [6.45, 7) is 6.95. The third-order valence-electron chi connectivity index (χ3n) is 4.27. The number of aromatic nitrogens is 2. The van der Waals surface area contributed by atoms with E-state index in [9.17, 15) is 9.18 Å². The average Bonchev–Trinajstić information content (AvgIpc) is 2.61. The molecule has 0 unspecified atom stereocenters. The molecule has 1 aromatic carbocycles. The number of aliphatic imine (C=N–C) groups is 1. The van der Waals surface area contributed by atoms with E-state index in [-0.39, 0.29) is 17.1 Å². The van der Waals surface area contributed by atoms with Gasteiger partial charge in [-0.15, -0.1) is 0 Å². The Labute approximate surface area is 166 Å². The first-order valence-corrected chi connectivity index (χ1v) is 8.85. The van der Waals surface area contributed by atoms with Crippen molar-refractivity contribution in [1.29, 1.82) is 0 Å². The number of rotatable bonds is 2. The van der Waals surface area contributed by atoms with Gasteiger partial charge in [-0.05, 0) is 51.4 Å². The molecule has 3 rings (SSSR count). The summed E-state index contributed by atoms with van der Waals surface area (Å²) in [5.74, 6) is -0.316. The molecule has 1 aliphatic rings. The van der Waals surface area contributed by atoms with E-state index in [0.717, 1.165) is 0 Å². The lowest BCUT2D eigenvalue weighted by atomic mass is 9.82. The predicted octanol–water partition coefficient (Wildman–Crippen LogP) is 4.30. The topological polar surface area (TPSA) is 125 Å². The van der Waals surface area contributed by atoms with Gasteiger partial charge in [-0.2, -0.15) is 4.99 Å². The number of nitrogens with zero attached hydrogens (tertiary/aromatic N) is 6. The summed E-state index contributed by atoms with van der Waals surface area (Å²) < 4.78 is 20.0. The Morgan fingerprint density at radius 1 is 1.41 bits per heavy atom. The number of carbonyl (C=O) groups is 1. The molecule has 1 aromatic heterocycles. The van der Waals surface area contributed by atoms with E-state index in [1.165, 1.54) is 30.7 Å². The molecule has 0 fully saturated rings. The highest BCUT2D eigenvalue weighted by atomic mass is 19.1. The average molecular weight is 397 g/mol. The maximum absolute atomic E-state index is 14.7. The van der Waals surface area contributed by atoms with E-state index in [1.807, 2.05) is 0 Å². The first kappa shape index (κ1) is 20.2. The van der Waals surface area contributed by atoms with Crippen molar-refractivity contribution < 1.29 is 13.9 Å². The van der Waals surface area contributed by atoms with Crippen LogP contribution in [0.5, 0.6) is 0 Å². The van der Waals surface area contributed by atoms with Crippen molar-refractivity contribution in [2.75, 3.05) is 0 Å². The monoisotopic (exact) mass is 397 g/mol. The summed E-state index contributed by atoms with van der Waals surface area (Å²) >= 11 is 0. The van der Waals surface area contributed by atoms with Crippen LogP contribution in [0.15, 0.2) is 40.8 Å². The second-order valence-electron chi connectivity index (χ2n) is 7.81. The molecule has 0 saturated heterocycles. The van der Waals surface area contributed by atoms with Gasteiger partial charge in [-0.1, -0.05) is 5.11 Å². The molecule has 0 spiro atoms. The summed E-state index contributed by atoms with van der Waals surface area (Å²) in [4.78, 5) is 27.3. The minimum Gasteiger partial charge on any atom is -0.442 e. The first-order chi connectivity index (χ1) is 13.6. The third kappa shape index (κ3) is 4.49. The Balaban J connectivity index is 2.09. The van der Waals surface area contributed by atoms with Crippen molar-refractivity contribution in [2.45, 2.75) is 45.3 Å². The molecular weight excluding hydrogens is 377 g/mol. The molecule has 10 heteroatoms. The van der Waals surface area contributed by atoms with Gasteiger partial charge in [-0.25, -0.2) is 19.2 Å². The third-order valence-corrected chi connectivity index (χ3v) is 4.27. The molecule has 9 nitrogen and oxygen atoms in total. The number of nitrogens with one attached hydrogen (secondary N) is 1. The molecule has 1 N–H and O–H groups in total. The second kappa shape index (κ2) is 7.48. The van der Waals surface area contributed by atoms with E-state index in [0.29, 0.717) is 17.7 Å². The predicted molar refractivity (Wildman–Crippen MR) is 104 cm³/mol. The van der Waals surface area contributed by atoms with Crippen LogP contribution >= 0.6 is 0 Å². The number of azide groups is 1. The van der Waals surface area contributed by atoms with Crippen molar-refractivity contribution in [1.82, 2.24) is 15.3 Å². The number of hydrogen-bond acceptors (Lipinski definition) is 5. The van der Waals surface area contributed by atoms with E-state index < -0.39 is 23.1 Å². The van der Waals surface area contributed by atoms with Crippen LogP contribution in [0.25, 0.3) is 10.4 Å². The number of benzene rings is 1. The lowest BCUT2D eigenvalue weighted by Crippen LogP contribution is -2.50. The number of hydrogen-bond donors (Lipinski definition) is 1. The van der Waals surface area contributed by atoms with Gasteiger partial charge < -0.3 is 10.1 Å². The summed E-state index contributed by atoms with van der Waals surface area (Å²) in [5, 5.41) is 6.67. The Hall–Kier alpha value is -3.52. The SMILES string of the molecule is CC(C)(C)OC(=O)/N=C1/N[C@](C)(c2cc(N=[N+]=[N-])ccc2F)Cc2ncncc21. The van der Waals surface area contributed by atoms with Crippen LogP contribution in [-0.2, 0) is 16.7 Å². The van der Waals surface area contributed by atoms with Crippen LogP contribution in [0.3, 0.4) is 0 Å². The fraction of sp³-hybridized carbons (Fsp3) is 0.368. The van der Waals surface area contributed by atoms with Gasteiger partial charge in [0, 0.05) is 28.8 Å². The highest BCUT2D eigenvalue weighted by Gasteiger charge is 2.38. The minimum atomic E-state index is -1.01. The highest BCUT2D eigenvalue weighted by molar-refractivity contribution is 6.05. The largest absolute Gasteiger partial charge is 0.442 e. The smallest absolute Gasteiger partial charge is 0.436 e. The molecule has 1 amide bonds. The quantitative estimate of drug-likeness (QED) is 0.459. The standard InChI is InChI=1S/C19H20FN7O2/c1-18(2,3)29-17(28)24-16-12-9-22-10-23-15(12)8-19(4,25-16)13-7-11(26-27-21)5-6-14(13)20/h5-7,9-10H,8H2,1-4H3,(H,24,25,28)/t19-/m0/s1. The van der Waals surface area contributed by atoms with Crippen LogP contribution in [0.1, 0.15) is 44.5 Å². The fourth-order valence-electron chi connectivity index (χ4n) is 3.08. The van der Waals surface area contributed by atoms with Crippen LogP contribution in [0, 0.1) is 5.82 Å².